The summed E-state index contributed by atoms with van der Waals surface area (Å²) in [4.78, 5) is 2.59. The fraction of sp³-hybridized carbons (Fsp3) is 1.00. The molecule has 90 valence electrons. The van der Waals surface area contributed by atoms with Crippen molar-refractivity contribution in [3.63, 3.8) is 0 Å². The maximum absolute atomic E-state index is 2.59. The lowest BCUT2D eigenvalue weighted by atomic mass is 9.95. The van der Waals surface area contributed by atoms with Gasteiger partial charge in [0.1, 0.15) is 0 Å². The molecular formula is C14H29N. The second-order valence-corrected chi connectivity index (χ2v) is 5.89. The Kier molecular flexibility index (Phi) is 4.64. The van der Waals surface area contributed by atoms with Crippen LogP contribution in [0.1, 0.15) is 53.9 Å². The molecule has 1 heterocycles. The van der Waals surface area contributed by atoms with E-state index >= 15 is 0 Å². The van der Waals surface area contributed by atoms with Crippen molar-refractivity contribution in [2.75, 3.05) is 19.6 Å². The first kappa shape index (κ1) is 13.0. The molecule has 1 aliphatic carbocycles. The van der Waals surface area contributed by atoms with E-state index in [-0.39, 0.29) is 0 Å². The van der Waals surface area contributed by atoms with Crippen molar-refractivity contribution < 1.29 is 0 Å². The molecule has 2 aliphatic rings. The van der Waals surface area contributed by atoms with E-state index in [2.05, 4.69) is 39.5 Å². The topological polar surface area (TPSA) is 3.24 Å². The standard InChI is InChI=1S/C9H17N.C5H12/c1-3-10-6-8(2)9(7-10)4-5-9;1-4-5(2)3/h8H,3-7H2,1-2H3;5H,4H2,1-3H3. The average molecular weight is 211 g/mol. The SMILES string of the molecule is CCC(C)C.CCN1CC(C)C2(CC2)C1. The van der Waals surface area contributed by atoms with Crippen molar-refractivity contribution in [3.8, 4) is 0 Å². The van der Waals surface area contributed by atoms with Crippen LogP contribution in [0.3, 0.4) is 0 Å². The van der Waals surface area contributed by atoms with Gasteiger partial charge in [0.05, 0.1) is 0 Å². The smallest absolute Gasteiger partial charge is 0.00410 e. The number of hydrogen-bond donors (Lipinski definition) is 0. The Morgan fingerprint density at radius 1 is 1.27 bits per heavy atom. The Morgan fingerprint density at radius 2 is 1.80 bits per heavy atom. The van der Waals surface area contributed by atoms with E-state index in [1.54, 1.807) is 0 Å². The van der Waals surface area contributed by atoms with Crippen LogP contribution in [-0.2, 0) is 0 Å². The first-order valence-electron chi connectivity index (χ1n) is 6.76. The molecule has 15 heavy (non-hydrogen) atoms. The molecule has 0 aromatic heterocycles. The van der Waals surface area contributed by atoms with Gasteiger partial charge in [0.2, 0.25) is 0 Å². The molecule has 1 aliphatic heterocycles. The van der Waals surface area contributed by atoms with Crippen LogP contribution < -0.4 is 0 Å². The van der Waals surface area contributed by atoms with Crippen LogP contribution in [0.2, 0.25) is 0 Å². The fourth-order valence-electron chi connectivity index (χ4n) is 2.30. The maximum Gasteiger partial charge on any atom is 0.00410 e. The van der Waals surface area contributed by atoms with Crippen molar-refractivity contribution in [1.82, 2.24) is 4.90 Å². The van der Waals surface area contributed by atoms with E-state index in [4.69, 9.17) is 0 Å². The Morgan fingerprint density at radius 3 is 2.00 bits per heavy atom. The molecule has 0 amide bonds. The van der Waals surface area contributed by atoms with E-state index in [0.717, 1.165) is 17.3 Å². The third-order valence-corrected chi connectivity index (χ3v) is 4.27. The zero-order chi connectivity index (χ0) is 11.5. The minimum Gasteiger partial charge on any atom is -0.303 e. The van der Waals surface area contributed by atoms with Gasteiger partial charge in [0.15, 0.2) is 0 Å². The van der Waals surface area contributed by atoms with Gasteiger partial charge >= 0.3 is 0 Å². The minimum atomic E-state index is 0.802. The van der Waals surface area contributed by atoms with Crippen molar-refractivity contribution in [1.29, 1.82) is 0 Å². The first-order valence-corrected chi connectivity index (χ1v) is 6.76. The normalized spacial score (nSPS) is 28.0. The molecule has 1 spiro atoms. The molecule has 1 saturated heterocycles. The Labute approximate surface area is 96.2 Å². The van der Waals surface area contributed by atoms with Crippen molar-refractivity contribution in [2.45, 2.75) is 53.9 Å². The van der Waals surface area contributed by atoms with Gasteiger partial charge in [-0.3, -0.25) is 0 Å². The van der Waals surface area contributed by atoms with Crippen LogP contribution >= 0.6 is 0 Å². The molecule has 0 bridgehead atoms. The number of rotatable bonds is 2. The number of nitrogens with zero attached hydrogens (tertiary/aromatic N) is 1. The lowest BCUT2D eigenvalue weighted by molar-refractivity contribution is 0.337. The summed E-state index contributed by atoms with van der Waals surface area (Å²) in [5.74, 6) is 1.86. The van der Waals surface area contributed by atoms with Crippen LogP contribution in [0, 0.1) is 17.3 Å². The van der Waals surface area contributed by atoms with Crippen LogP contribution in [0.5, 0.6) is 0 Å². The summed E-state index contributed by atoms with van der Waals surface area (Å²) in [5, 5.41) is 0. The third-order valence-electron chi connectivity index (χ3n) is 4.27. The van der Waals surface area contributed by atoms with Crippen LogP contribution in [0.25, 0.3) is 0 Å². The zero-order valence-electron chi connectivity index (χ0n) is 11.3. The summed E-state index contributed by atoms with van der Waals surface area (Å²) in [6.07, 6.45) is 4.31. The van der Waals surface area contributed by atoms with Gasteiger partial charge in [0.25, 0.3) is 0 Å². The minimum absolute atomic E-state index is 0.802. The highest BCUT2D eigenvalue weighted by Crippen LogP contribution is 2.55. The fourth-order valence-corrected chi connectivity index (χ4v) is 2.30. The van der Waals surface area contributed by atoms with E-state index < -0.39 is 0 Å². The van der Waals surface area contributed by atoms with Gasteiger partial charge in [-0.2, -0.15) is 0 Å². The molecule has 1 saturated carbocycles. The molecule has 0 aromatic carbocycles. The van der Waals surface area contributed by atoms with Crippen molar-refractivity contribution in [2.24, 2.45) is 17.3 Å². The maximum atomic E-state index is 2.59. The summed E-state index contributed by atoms with van der Waals surface area (Å²) >= 11 is 0. The molecule has 0 N–H and O–H groups in total. The second-order valence-electron chi connectivity index (χ2n) is 5.89. The van der Waals surface area contributed by atoms with Crippen LogP contribution in [0.4, 0.5) is 0 Å². The highest BCUT2D eigenvalue weighted by atomic mass is 15.2. The molecule has 1 atom stereocenters. The van der Waals surface area contributed by atoms with Crippen LogP contribution in [-0.4, -0.2) is 24.5 Å². The Hall–Kier alpha value is -0.0400. The van der Waals surface area contributed by atoms with Crippen molar-refractivity contribution in [3.05, 3.63) is 0 Å². The number of hydrogen-bond acceptors (Lipinski definition) is 1. The lowest BCUT2D eigenvalue weighted by Crippen LogP contribution is -2.20. The predicted molar refractivity (Wildman–Crippen MR) is 68.1 cm³/mol. The van der Waals surface area contributed by atoms with Gasteiger partial charge in [-0.25, -0.2) is 0 Å². The van der Waals surface area contributed by atoms with E-state index in [9.17, 15) is 0 Å². The molecule has 1 unspecified atom stereocenters. The largest absolute Gasteiger partial charge is 0.303 e. The van der Waals surface area contributed by atoms with E-state index in [0.29, 0.717) is 0 Å². The summed E-state index contributed by atoms with van der Waals surface area (Å²) in [5.41, 5.74) is 0.802. The van der Waals surface area contributed by atoms with Gasteiger partial charge < -0.3 is 4.90 Å². The average Bonchev–Trinajstić information content (AvgIpc) is 2.91. The number of likely N-dealkylation sites (tertiary alicyclic amines) is 1. The van der Waals surface area contributed by atoms with Crippen LogP contribution in [0.15, 0.2) is 0 Å². The summed E-state index contributed by atoms with van der Waals surface area (Å²) in [6, 6.07) is 0. The highest BCUT2D eigenvalue weighted by Gasteiger charge is 2.52. The summed E-state index contributed by atoms with van der Waals surface area (Å²) < 4.78 is 0. The zero-order valence-corrected chi connectivity index (χ0v) is 11.3. The lowest BCUT2D eigenvalue weighted by Gasteiger charge is -2.11. The first-order chi connectivity index (χ1) is 7.04. The van der Waals surface area contributed by atoms with Gasteiger partial charge in [-0.15, -0.1) is 0 Å². The molecule has 0 radical (unpaired) electrons. The molecule has 1 heteroatoms. The quantitative estimate of drug-likeness (QED) is 0.671. The highest BCUT2D eigenvalue weighted by molar-refractivity contribution is 5.04. The molecule has 2 rings (SSSR count). The summed E-state index contributed by atoms with van der Waals surface area (Å²) in [6.45, 7) is 15.3. The molecule has 2 fully saturated rings. The Bertz CT molecular complexity index is 182. The second kappa shape index (κ2) is 5.34. The monoisotopic (exact) mass is 211 g/mol. The molecule has 0 aromatic rings. The van der Waals surface area contributed by atoms with Gasteiger partial charge in [0, 0.05) is 13.1 Å². The summed E-state index contributed by atoms with van der Waals surface area (Å²) in [7, 11) is 0. The predicted octanol–water partition coefficient (Wildman–Crippen LogP) is 3.79. The molecule has 1 nitrogen and oxygen atoms in total. The van der Waals surface area contributed by atoms with E-state index in [1.165, 1.54) is 38.9 Å². The van der Waals surface area contributed by atoms with Gasteiger partial charge in [-0.05, 0) is 36.6 Å². The molecular weight excluding hydrogens is 182 g/mol. The third kappa shape index (κ3) is 3.48. The Balaban J connectivity index is 0.000000195. The van der Waals surface area contributed by atoms with Gasteiger partial charge in [-0.1, -0.05) is 41.0 Å². The van der Waals surface area contributed by atoms with Crippen molar-refractivity contribution >= 4 is 0 Å². The van der Waals surface area contributed by atoms with E-state index in [1.807, 2.05) is 0 Å².